The molecule has 0 atom stereocenters. The largest absolute Gasteiger partial charge is 0.353 e. The van der Waals surface area contributed by atoms with Crippen molar-refractivity contribution in [2.45, 2.75) is 27.2 Å². The van der Waals surface area contributed by atoms with E-state index in [0.717, 1.165) is 44.0 Å². The third-order valence-electron chi connectivity index (χ3n) is 4.68. The molecule has 0 aliphatic carbocycles. The number of urea groups is 1. The lowest BCUT2D eigenvalue weighted by molar-refractivity contribution is 0.154. The van der Waals surface area contributed by atoms with Crippen LogP contribution >= 0.6 is 0 Å². The molecule has 2 amide bonds. The van der Waals surface area contributed by atoms with Crippen LogP contribution in [-0.2, 0) is 6.42 Å². The molecule has 1 saturated heterocycles. The molecule has 0 saturated carbocycles. The second-order valence-corrected chi connectivity index (χ2v) is 6.20. The van der Waals surface area contributed by atoms with Crippen molar-refractivity contribution < 1.29 is 9.32 Å². The van der Waals surface area contributed by atoms with Gasteiger partial charge in [0.2, 0.25) is 11.7 Å². The number of rotatable bonds is 5. The van der Waals surface area contributed by atoms with Crippen LogP contribution in [0.25, 0.3) is 11.4 Å². The summed E-state index contributed by atoms with van der Waals surface area (Å²) in [5.74, 6) is 2.09. The molecule has 0 bridgehead atoms. The van der Waals surface area contributed by atoms with Gasteiger partial charge in [0.15, 0.2) is 0 Å². The SMILES string of the molecule is CCc1nc(-c2ccc(N3CCN(C(=O)N(CC)CC)CC3)nc2)no1. The predicted molar refractivity (Wildman–Crippen MR) is 99.0 cm³/mol. The van der Waals surface area contributed by atoms with E-state index in [9.17, 15) is 4.79 Å². The molecule has 8 heteroatoms. The van der Waals surface area contributed by atoms with E-state index in [4.69, 9.17) is 4.52 Å². The molecular formula is C18H26N6O2. The van der Waals surface area contributed by atoms with Crippen LogP contribution in [0.2, 0.25) is 0 Å². The van der Waals surface area contributed by atoms with Crippen LogP contribution in [-0.4, -0.2) is 70.2 Å². The average molecular weight is 358 g/mol. The van der Waals surface area contributed by atoms with E-state index in [1.165, 1.54) is 0 Å². The fourth-order valence-electron chi connectivity index (χ4n) is 3.04. The Hall–Kier alpha value is -2.64. The molecule has 1 aliphatic heterocycles. The number of carbonyl (C=O) groups is 1. The number of nitrogens with zero attached hydrogens (tertiary/aromatic N) is 6. The van der Waals surface area contributed by atoms with Crippen LogP contribution < -0.4 is 4.90 Å². The van der Waals surface area contributed by atoms with Crippen molar-refractivity contribution in [2.75, 3.05) is 44.2 Å². The highest BCUT2D eigenvalue weighted by molar-refractivity contribution is 5.74. The van der Waals surface area contributed by atoms with Gasteiger partial charge in [-0.15, -0.1) is 0 Å². The van der Waals surface area contributed by atoms with Gasteiger partial charge in [-0.1, -0.05) is 12.1 Å². The summed E-state index contributed by atoms with van der Waals surface area (Å²) in [6.07, 6.45) is 2.49. The van der Waals surface area contributed by atoms with Crippen molar-refractivity contribution in [3.05, 3.63) is 24.2 Å². The zero-order valence-electron chi connectivity index (χ0n) is 15.7. The highest BCUT2D eigenvalue weighted by Crippen LogP contribution is 2.20. The van der Waals surface area contributed by atoms with Gasteiger partial charge in [-0.3, -0.25) is 0 Å². The molecule has 26 heavy (non-hydrogen) atoms. The van der Waals surface area contributed by atoms with Crippen LogP contribution in [0.4, 0.5) is 10.6 Å². The molecule has 2 aromatic heterocycles. The van der Waals surface area contributed by atoms with Gasteiger partial charge in [0.25, 0.3) is 0 Å². The minimum Gasteiger partial charge on any atom is -0.353 e. The predicted octanol–water partition coefficient (Wildman–Crippen LogP) is 2.28. The number of piperazine rings is 1. The van der Waals surface area contributed by atoms with Gasteiger partial charge in [0.05, 0.1) is 0 Å². The van der Waals surface area contributed by atoms with E-state index in [1.54, 1.807) is 6.20 Å². The standard InChI is InChI=1S/C18H26N6O2/c1-4-16-20-17(21-26-16)14-7-8-15(19-13-14)23-9-11-24(12-10-23)18(25)22(5-2)6-3/h7-8,13H,4-6,9-12H2,1-3H3. The second kappa shape index (κ2) is 8.16. The molecule has 1 aliphatic rings. The van der Waals surface area contributed by atoms with E-state index in [-0.39, 0.29) is 6.03 Å². The summed E-state index contributed by atoms with van der Waals surface area (Å²) in [6, 6.07) is 4.06. The molecule has 0 N–H and O–H groups in total. The summed E-state index contributed by atoms with van der Waals surface area (Å²) in [4.78, 5) is 27.3. The molecule has 0 aromatic carbocycles. The quantitative estimate of drug-likeness (QED) is 0.816. The maximum atomic E-state index is 12.4. The molecule has 8 nitrogen and oxygen atoms in total. The highest BCUT2D eigenvalue weighted by atomic mass is 16.5. The van der Waals surface area contributed by atoms with E-state index in [1.807, 2.05) is 42.7 Å². The van der Waals surface area contributed by atoms with E-state index in [2.05, 4.69) is 20.0 Å². The molecule has 0 radical (unpaired) electrons. The van der Waals surface area contributed by atoms with Crippen LogP contribution in [0.1, 0.15) is 26.7 Å². The number of hydrogen-bond acceptors (Lipinski definition) is 6. The van der Waals surface area contributed by atoms with Gasteiger partial charge in [0.1, 0.15) is 5.82 Å². The Kier molecular flexibility index (Phi) is 5.70. The number of carbonyl (C=O) groups excluding carboxylic acids is 1. The molecule has 0 unspecified atom stereocenters. The Balaban J connectivity index is 1.60. The van der Waals surface area contributed by atoms with Crippen molar-refractivity contribution in [2.24, 2.45) is 0 Å². The fourth-order valence-corrected chi connectivity index (χ4v) is 3.04. The number of amides is 2. The minimum absolute atomic E-state index is 0.127. The zero-order chi connectivity index (χ0) is 18.5. The van der Waals surface area contributed by atoms with Gasteiger partial charge in [0, 0.05) is 57.4 Å². The first-order valence-corrected chi connectivity index (χ1v) is 9.24. The first kappa shape index (κ1) is 18.2. The van der Waals surface area contributed by atoms with E-state index in [0.29, 0.717) is 24.8 Å². The van der Waals surface area contributed by atoms with E-state index < -0.39 is 0 Å². The number of aromatic nitrogens is 3. The van der Waals surface area contributed by atoms with Gasteiger partial charge in [-0.2, -0.15) is 4.98 Å². The summed E-state index contributed by atoms with van der Waals surface area (Å²) in [5, 5.41) is 3.97. The van der Waals surface area contributed by atoms with Crippen molar-refractivity contribution in [1.82, 2.24) is 24.9 Å². The molecule has 2 aromatic rings. The summed E-state index contributed by atoms with van der Waals surface area (Å²) in [6.45, 7) is 10.5. The molecular weight excluding hydrogens is 332 g/mol. The molecule has 1 fully saturated rings. The van der Waals surface area contributed by atoms with Gasteiger partial charge < -0.3 is 19.2 Å². The number of pyridine rings is 1. The van der Waals surface area contributed by atoms with Crippen molar-refractivity contribution in [3.63, 3.8) is 0 Å². The summed E-state index contributed by atoms with van der Waals surface area (Å²) >= 11 is 0. The summed E-state index contributed by atoms with van der Waals surface area (Å²) < 4.78 is 5.15. The van der Waals surface area contributed by atoms with Crippen molar-refractivity contribution >= 4 is 11.8 Å². The minimum atomic E-state index is 0.127. The van der Waals surface area contributed by atoms with Crippen LogP contribution in [0.15, 0.2) is 22.9 Å². The third-order valence-corrected chi connectivity index (χ3v) is 4.68. The van der Waals surface area contributed by atoms with Gasteiger partial charge >= 0.3 is 6.03 Å². The highest BCUT2D eigenvalue weighted by Gasteiger charge is 2.24. The number of anilines is 1. The maximum Gasteiger partial charge on any atom is 0.320 e. The fraction of sp³-hybridized carbons (Fsp3) is 0.556. The second-order valence-electron chi connectivity index (χ2n) is 6.20. The lowest BCUT2D eigenvalue weighted by Crippen LogP contribution is -2.53. The lowest BCUT2D eigenvalue weighted by atomic mass is 10.2. The average Bonchev–Trinajstić information content (AvgIpc) is 3.18. The van der Waals surface area contributed by atoms with E-state index >= 15 is 0 Å². The number of aryl methyl sites for hydroxylation is 1. The zero-order valence-corrected chi connectivity index (χ0v) is 15.7. The Morgan fingerprint density at radius 3 is 2.42 bits per heavy atom. The van der Waals surface area contributed by atoms with Crippen LogP contribution in [0, 0.1) is 0 Å². The Morgan fingerprint density at radius 2 is 1.88 bits per heavy atom. The smallest absolute Gasteiger partial charge is 0.320 e. The number of hydrogen-bond donors (Lipinski definition) is 0. The van der Waals surface area contributed by atoms with Gasteiger partial charge in [-0.25, -0.2) is 9.78 Å². The normalized spacial score (nSPS) is 14.6. The third kappa shape index (κ3) is 3.79. The first-order valence-electron chi connectivity index (χ1n) is 9.24. The Bertz CT molecular complexity index is 718. The molecule has 3 rings (SSSR count). The van der Waals surface area contributed by atoms with Crippen molar-refractivity contribution in [3.8, 4) is 11.4 Å². The van der Waals surface area contributed by atoms with Gasteiger partial charge in [-0.05, 0) is 26.0 Å². The molecule has 0 spiro atoms. The maximum absolute atomic E-state index is 12.4. The first-order chi connectivity index (χ1) is 12.7. The topological polar surface area (TPSA) is 78.6 Å². The van der Waals surface area contributed by atoms with Crippen molar-refractivity contribution in [1.29, 1.82) is 0 Å². The lowest BCUT2D eigenvalue weighted by Gasteiger charge is -2.37. The Morgan fingerprint density at radius 1 is 1.15 bits per heavy atom. The molecule has 140 valence electrons. The molecule has 3 heterocycles. The Labute approximate surface area is 153 Å². The summed E-state index contributed by atoms with van der Waals surface area (Å²) in [7, 11) is 0. The van der Waals surface area contributed by atoms with Crippen LogP contribution in [0.3, 0.4) is 0 Å². The van der Waals surface area contributed by atoms with Crippen LogP contribution in [0.5, 0.6) is 0 Å². The summed E-state index contributed by atoms with van der Waals surface area (Å²) in [5.41, 5.74) is 0.840. The monoisotopic (exact) mass is 358 g/mol.